The number of aromatic amines is 1. The third-order valence-corrected chi connectivity index (χ3v) is 5.70. The zero-order chi connectivity index (χ0) is 21.5. The molecule has 0 saturated heterocycles. The molecule has 0 aliphatic heterocycles. The molecule has 0 saturated carbocycles. The van der Waals surface area contributed by atoms with E-state index in [9.17, 15) is 8.78 Å². The smallest absolute Gasteiger partial charge is 0.162 e. The molecule has 4 rings (SSSR count). The van der Waals surface area contributed by atoms with Crippen molar-refractivity contribution in [3.8, 4) is 21.8 Å². The van der Waals surface area contributed by atoms with Crippen LogP contribution in [0.5, 0.6) is 0 Å². The van der Waals surface area contributed by atoms with Crippen molar-refractivity contribution in [2.45, 2.75) is 34.2 Å². The molecule has 0 bridgehead atoms. The molecular formula is C21H22F2N6S. The van der Waals surface area contributed by atoms with Crippen LogP contribution in [0.4, 0.5) is 8.78 Å². The second kappa shape index (κ2) is 7.81. The number of hydrogen-bond donors (Lipinski definition) is 2. The number of nitrogens with zero attached hydrogens (tertiary/aromatic N) is 4. The third-order valence-electron chi connectivity index (χ3n) is 4.52. The number of aryl methyl sites for hydroxylation is 1. The quantitative estimate of drug-likeness (QED) is 0.474. The Morgan fingerprint density at radius 3 is 2.57 bits per heavy atom. The highest BCUT2D eigenvalue weighted by atomic mass is 32.1. The molecule has 6 nitrogen and oxygen atoms in total. The van der Waals surface area contributed by atoms with Crippen LogP contribution in [0.25, 0.3) is 32.9 Å². The monoisotopic (exact) mass is 428 g/mol. The summed E-state index contributed by atoms with van der Waals surface area (Å²) >= 11 is 1.55. The Morgan fingerprint density at radius 2 is 1.80 bits per heavy atom. The molecule has 3 aromatic heterocycles. The number of aromatic nitrogens is 5. The molecular weight excluding hydrogens is 406 g/mol. The van der Waals surface area contributed by atoms with Crippen molar-refractivity contribution in [2.75, 3.05) is 6.54 Å². The number of fused-ring (bicyclic) bond motifs is 1. The molecule has 156 valence electrons. The SMILES string of the molecule is Cc1nc(CNCC(C)(C)C)sc1-c1cccc(-c2cc(F)c3n[nH]nc3c2F)n1. The predicted molar refractivity (Wildman–Crippen MR) is 114 cm³/mol. The Bertz CT molecular complexity index is 1210. The fourth-order valence-electron chi connectivity index (χ4n) is 3.14. The molecule has 0 spiro atoms. The summed E-state index contributed by atoms with van der Waals surface area (Å²) < 4.78 is 29.2. The first kappa shape index (κ1) is 20.5. The summed E-state index contributed by atoms with van der Waals surface area (Å²) in [4.78, 5) is 10.1. The zero-order valence-electron chi connectivity index (χ0n) is 17.2. The first-order valence-corrected chi connectivity index (χ1v) is 10.4. The van der Waals surface area contributed by atoms with Gasteiger partial charge in [-0.1, -0.05) is 26.8 Å². The molecule has 0 amide bonds. The first-order valence-electron chi connectivity index (χ1n) is 9.56. The molecule has 0 fully saturated rings. The first-order chi connectivity index (χ1) is 14.2. The number of thiazole rings is 1. The van der Waals surface area contributed by atoms with Crippen LogP contribution >= 0.6 is 11.3 Å². The number of pyridine rings is 1. The number of hydrogen-bond acceptors (Lipinski definition) is 6. The summed E-state index contributed by atoms with van der Waals surface area (Å²) in [6, 6.07) is 6.38. The molecule has 0 aliphatic carbocycles. The Balaban J connectivity index is 1.66. The number of halogens is 2. The molecule has 1 aromatic carbocycles. The van der Waals surface area contributed by atoms with Crippen LogP contribution in [-0.2, 0) is 6.54 Å². The fourth-order valence-corrected chi connectivity index (χ4v) is 4.15. The van der Waals surface area contributed by atoms with Gasteiger partial charge >= 0.3 is 0 Å². The molecule has 30 heavy (non-hydrogen) atoms. The Labute approximate surface area is 176 Å². The second-order valence-electron chi connectivity index (χ2n) is 8.34. The van der Waals surface area contributed by atoms with Gasteiger partial charge in [0.2, 0.25) is 0 Å². The van der Waals surface area contributed by atoms with Crippen LogP contribution < -0.4 is 5.32 Å². The Kier molecular flexibility index (Phi) is 5.33. The van der Waals surface area contributed by atoms with E-state index >= 15 is 0 Å². The van der Waals surface area contributed by atoms with Crippen molar-refractivity contribution in [3.63, 3.8) is 0 Å². The highest BCUT2D eigenvalue weighted by molar-refractivity contribution is 7.15. The van der Waals surface area contributed by atoms with Gasteiger partial charge in [-0.2, -0.15) is 15.4 Å². The summed E-state index contributed by atoms with van der Waals surface area (Å²) in [5, 5.41) is 14.0. The van der Waals surface area contributed by atoms with Gasteiger partial charge in [-0.05, 0) is 30.5 Å². The van der Waals surface area contributed by atoms with Crippen LogP contribution in [0, 0.1) is 24.0 Å². The summed E-state index contributed by atoms with van der Waals surface area (Å²) in [6.07, 6.45) is 0. The van der Waals surface area contributed by atoms with Crippen LogP contribution in [0.15, 0.2) is 24.3 Å². The maximum atomic E-state index is 14.9. The van der Waals surface area contributed by atoms with Crippen molar-refractivity contribution in [1.29, 1.82) is 0 Å². The summed E-state index contributed by atoms with van der Waals surface area (Å²) in [6.45, 7) is 10.00. The maximum Gasteiger partial charge on any atom is 0.162 e. The van der Waals surface area contributed by atoms with E-state index in [1.165, 1.54) is 0 Å². The fraction of sp³-hybridized carbons (Fsp3) is 0.333. The minimum Gasteiger partial charge on any atom is -0.310 e. The molecule has 0 aliphatic rings. The van der Waals surface area contributed by atoms with E-state index in [2.05, 4.69) is 51.5 Å². The van der Waals surface area contributed by atoms with Gasteiger partial charge in [-0.15, -0.1) is 11.3 Å². The normalized spacial score (nSPS) is 12.1. The lowest BCUT2D eigenvalue weighted by molar-refractivity contribution is 0.379. The highest BCUT2D eigenvalue weighted by Gasteiger charge is 2.19. The molecule has 0 atom stereocenters. The molecule has 2 N–H and O–H groups in total. The molecule has 3 heterocycles. The van der Waals surface area contributed by atoms with Crippen molar-refractivity contribution in [1.82, 2.24) is 30.7 Å². The van der Waals surface area contributed by atoms with Gasteiger partial charge in [0, 0.05) is 18.7 Å². The van der Waals surface area contributed by atoms with Crippen LogP contribution in [0.3, 0.4) is 0 Å². The van der Waals surface area contributed by atoms with E-state index in [1.54, 1.807) is 23.5 Å². The average Bonchev–Trinajstić information content (AvgIpc) is 3.31. The van der Waals surface area contributed by atoms with E-state index in [-0.39, 0.29) is 22.0 Å². The van der Waals surface area contributed by atoms with Gasteiger partial charge in [-0.3, -0.25) is 0 Å². The van der Waals surface area contributed by atoms with Crippen LogP contribution in [0.2, 0.25) is 0 Å². The summed E-state index contributed by atoms with van der Waals surface area (Å²) in [5.74, 6) is -1.30. The molecule has 0 unspecified atom stereocenters. The third kappa shape index (κ3) is 4.08. The number of benzene rings is 1. The minimum absolute atomic E-state index is 0.0463. The zero-order valence-corrected chi connectivity index (χ0v) is 18.0. The number of rotatable bonds is 5. The van der Waals surface area contributed by atoms with E-state index in [0.29, 0.717) is 17.9 Å². The summed E-state index contributed by atoms with van der Waals surface area (Å²) in [5.41, 5.74) is 1.82. The van der Waals surface area contributed by atoms with Crippen LogP contribution in [-0.4, -0.2) is 31.9 Å². The largest absolute Gasteiger partial charge is 0.310 e. The average molecular weight is 429 g/mol. The topological polar surface area (TPSA) is 79.4 Å². The van der Waals surface area contributed by atoms with Crippen molar-refractivity contribution in [3.05, 3.63) is 46.6 Å². The van der Waals surface area contributed by atoms with E-state index in [4.69, 9.17) is 0 Å². The second-order valence-corrected chi connectivity index (χ2v) is 9.42. The van der Waals surface area contributed by atoms with Crippen molar-refractivity contribution in [2.24, 2.45) is 5.41 Å². The number of nitrogens with one attached hydrogen (secondary N) is 2. The Morgan fingerprint density at radius 1 is 1.07 bits per heavy atom. The Hall–Kier alpha value is -2.78. The lowest BCUT2D eigenvalue weighted by Gasteiger charge is -2.18. The highest BCUT2D eigenvalue weighted by Crippen LogP contribution is 2.32. The lowest BCUT2D eigenvalue weighted by Crippen LogP contribution is -2.26. The van der Waals surface area contributed by atoms with Gasteiger partial charge in [0.05, 0.1) is 22.0 Å². The molecule has 4 aromatic rings. The molecule has 0 radical (unpaired) electrons. The lowest BCUT2D eigenvalue weighted by atomic mass is 9.97. The van der Waals surface area contributed by atoms with Gasteiger partial charge in [0.25, 0.3) is 0 Å². The standard InChI is InChI=1S/C21H22F2N6S/c1-11-20(30-16(25-11)9-24-10-21(2,3)4)15-7-5-6-14(26-15)12-8-13(22)18-19(17(12)23)28-29-27-18/h5-8,24H,9-10H2,1-4H3,(H,27,28,29). The number of H-pyrrole nitrogens is 1. The van der Waals surface area contributed by atoms with E-state index in [0.717, 1.165) is 28.2 Å². The van der Waals surface area contributed by atoms with Gasteiger partial charge in [-0.25, -0.2) is 18.7 Å². The maximum absolute atomic E-state index is 14.9. The van der Waals surface area contributed by atoms with E-state index < -0.39 is 11.6 Å². The van der Waals surface area contributed by atoms with Crippen molar-refractivity contribution >= 4 is 22.4 Å². The van der Waals surface area contributed by atoms with E-state index in [1.807, 2.05) is 13.0 Å². The minimum atomic E-state index is -0.655. The van der Waals surface area contributed by atoms with Crippen molar-refractivity contribution < 1.29 is 8.78 Å². The van der Waals surface area contributed by atoms with Gasteiger partial charge in [0.1, 0.15) is 5.01 Å². The van der Waals surface area contributed by atoms with Gasteiger partial charge < -0.3 is 5.32 Å². The predicted octanol–water partition coefficient (Wildman–Crippen LogP) is 4.87. The van der Waals surface area contributed by atoms with Gasteiger partial charge in [0.15, 0.2) is 22.7 Å². The summed E-state index contributed by atoms with van der Waals surface area (Å²) in [7, 11) is 0. The molecule has 9 heteroatoms. The van der Waals surface area contributed by atoms with Crippen LogP contribution in [0.1, 0.15) is 31.5 Å².